The number of rotatable bonds is 6. The van der Waals surface area contributed by atoms with Gasteiger partial charge in [-0.1, -0.05) is 0 Å². The van der Waals surface area contributed by atoms with E-state index in [0.29, 0.717) is 74.3 Å². The Hall–Kier alpha value is -5.90. The van der Waals surface area contributed by atoms with Gasteiger partial charge in [0.25, 0.3) is 0 Å². The summed E-state index contributed by atoms with van der Waals surface area (Å²) in [5.74, 6) is 3.46. The standard InChI is InChI=1S/C41H42O10/c1-46-36-16-27-8-23-13-35(45)25(15-33(23)43)10-29-19-41(51-6)31(21-39(29)49-4)11-30-20-38(48-3)28(18-40(30)50-5)9-24-14-32(42)22(12-34(24)44)7-26(36)17-37(27)47-2/h12-21,42-45H,7-11H2,1-6H3. The second kappa shape index (κ2) is 14.5. The van der Waals surface area contributed by atoms with Crippen molar-refractivity contribution in [3.05, 3.63) is 116 Å². The van der Waals surface area contributed by atoms with Crippen molar-refractivity contribution in [1.82, 2.24) is 0 Å². The average molecular weight is 695 g/mol. The van der Waals surface area contributed by atoms with Crippen molar-refractivity contribution in [3.63, 3.8) is 0 Å². The third-order valence-electron chi connectivity index (χ3n) is 9.51. The Kier molecular flexibility index (Phi) is 9.95. The first-order chi connectivity index (χ1) is 24.6. The Morgan fingerprint density at radius 1 is 0.275 bits per heavy atom. The van der Waals surface area contributed by atoms with Crippen LogP contribution in [0.2, 0.25) is 0 Å². The number of aromatic hydroxyl groups is 4. The highest BCUT2D eigenvalue weighted by molar-refractivity contribution is 5.59. The molecule has 15 rings (SSSR count). The van der Waals surface area contributed by atoms with Crippen molar-refractivity contribution in [1.29, 1.82) is 0 Å². The van der Waals surface area contributed by atoms with Gasteiger partial charge < -0.3 is 48.8 Å². The van der Waals surface area contributed by atoms with Gasteiger partial charge in [0.05, 0.1) is 42.7 Å². The van der Waals surface area contributed by atoms with Crippen molar-refractivity contribution >= 4 is 0 Å². The lowest BCUT2D eigenvalue weighted by molar-refractivity contribution is 0.391. The molecule has 4 N–H and O–H groups in total. The maximum Gasteiger partial charge on any atom is 0.122 e. The van der Waals surface area contributed by atoms with Gasteiger partial charge in [-0.15, -0.1) is 0 Å². The summed E-state index contributed by atoms with van der Waals surface area (Å²) in [6, 6.07) is 17.4. The second-order valence-corrected chi connectivity index (χ2v) is 12.5. The summed E-state index contributed by atoms with van der Waals surface area (Å²) >= 11 is 0. The molecule has 0 amide bonds. The van der Waals surface area contributed by atoms with Crippen LogP contribution in [-0.2, 0) is 32.1 Å². The van der Waals surface area contributed by atoms with Crippen LogP contribution in [-0.4, -0.2) is 63.1 Å². The fourth-order valence-electron chi connectivity index (χ4n) is 6.82. The molecule has 0 saturated carbocycles. The lowest BCUT2D eigenvalue weighted by Gasteiger charge is -2.19. The molecule has 10 bridgehead atoms. The molecule has 5 aromatic rings. The van der Waals surface area contributed by atoms with Crippen LogP contribution in [0.15, 0.2) is 60.7 Å². The molecule has 0 fully saturated rings. The van der Waals surface area contributed by atoms with E-state index in [1.807, 2.05) is 36.4 Å². The lowest BCUT2D eigenvalue weighted by atomic mass is 9.94. The SMILES string of the molecule is COc1cc2c(OC)cc1Cc1cc(O)c(cc1O)Cc1cc(OC)c(cc1OC)Cc1cc(OC)c(cc1OC)Cc1cc(O)c(cc1O)C2. The second-order valence-electron chi connectivity index (χ2n) is 12.5. The smallest absolute Gasteiger partial charge is 0.122 e. The number of ether oxygens (including phenoxy) is 6. The van der Waals surface area contributed by atoms with Crippen LogP contribution < -0.4 is 28.4 Å². The zero-order valence-corrected chi connectivity index (χ0v) is 29.5. The fraction of sp³-hybridized carbons (Fsp3) is 0.268. The molecule has 0 aliphatic heterocycles. The molecule has 10 heteroatoms. The highest BCUT2D eigenvalue weighted by Crippen LogP contribution is 2.41. The lowest BCUT2D eigenvalue weighted by Crippen LogP contribution is -2.03. The molecule has 5 aromatic carbocycles. The molecule has 0 unspecified atom stereocenters. The van der Waals surface area contributed by atoms with Crippen LogP contribution in [0.25, 0.3) is 0 Å². The molecule has 0 radical (unpaired) electrons. The van der Waals surface area contributed by atoms with Crippen molar-refractivity contribution < 1.29 is 48.8 Å². The first-order valence-corrected chi connectivity index (χ1v) is 16.4. The average Bonchev–Trinajstić information content (AvgIpc) is 3.12. The zero-order valence-electron chi connectivity index (χ0n) is 29.5. The first kappa shape index (κ1) is 34.9. The first-order valence-electron chi connectivity index (χ1n) is 16.4. The van der Waals surface area contributed by atoms with Gasteiger partial charge in [0.15, 0.2) is 0 Å². The Balaban J connectivity index is 1.56. The van der Waals surface area contributed by atoms with Crippen LogP contribution in [0.3, 0.4) is 0 Å². The van der Waals surface area contributed by atoms with E-state index in [1.165, 1.54) is 0 Å². The minimum Gasteiger partial charge on any atom is -0.508 e. The van der Waals surface area contributed by atoms with Crippen molar-refractivity contribution in [2.45, 2.75) is 32.1 Å². The molecule has 51 heavy (non-hydrogen) atoms. The number of benzene rings is 5. The molecule has 0 atom stereocenters. The number of methoxy groups -OCH3 is 6. The maximum atomic E-state index is 11.2. The highest BCUT2D eigenvalue weighted by atomic mass is 16.5. The maximum absolute atomic E-state index is 11.2. The van der Waals surface area contributed by atoms with E-state index in [-0.39, 0.29) is 48.7 Å². The summed E-state index contributed by atoms with van der Waals surface area (Å²) in [6.07, 6.45) is 1.40. The van der Waals surface area contributed by atoms with Crippen LogP contribution in [0.5, 0.6) is 57.5 Å². The fourth-order valence-corrected chi connectivity index (χ4v) is 6.82. The zero-order chi connectivity index (χ0) is 36.4. The van der Waals surface area contributed by atoms with Crippen molar-refractivity contribution in [2.24, 2.45) is 0 Å². The summed E-state index contributed by atoms with van der Waals surface area (Å²) in [5.41, 5.74) is 6.57. The highest BCUT2D eigenvalue weighted by Gasteiger charge is 2.22. The number of phenolic OH excluding ortho intramolecular Hbond substituents is 4. The summed E-state index contributed by atoms with van der Waals surface area (Å²) in [6.45, 7) is 0. The van der Waals surface area contributed by atoms with E-state index in [4.69, 9.17) is 28.4 Å². The van der Waals surface area contributed by atoms with Crippen LogP contribution in [0.4, 0.5) is 0 Å². The van der Waals surface area contributed by atoms with Gasteiger partial charge in [-0.2, -0.15) is 0 Å². The molecule has 10 aliphatic rings. The number of hydrogen-bond acceptors (Lipinski definition) is 10. The third-order valence-corrected chi connectivity index (χ3v) is 9.51. The van der Waals surface area contributed by atoms with Crippen LogP contribution >= 0.6 is 0 Å². The van der Waals surface area contributed by atoms with E-state index >= 15 is 0 Å². The summed E-state index contributed by atoms with van der Waals surface area (Å²) in [4.78, 5) is 0. The van der Waals surface area contributed by atoms with Crippen molar-refractivity contribution in [2.75, 3.05) is 42.7 Å². The summed E-state index contributed by atoms with van der Waals surface area (Å²) in [5, 5.41) is 44.8. The predicted molar refractivity (Wildman–Crippen MR) is 192 cm³/mol. The van der Waals surface area contributed by atoms with Gasteiger partial charge in [0.1, 0.15) is 57.5 Å². The van der Waals surface area contributed by atoms with E-state index in [1.54, 1.807) is 66.9 Å². The molecule has 0 spiro atoms. The van der Waals surface area contributed by atoms with Crippen molar-refractivity contribution in [3.8, 4) is 57.5 Å². The van der Waals surface area contributed by atoms with Crippen LogP contribution in [0, 0.1) is 0 Å². The van der Waals surface area contributed by atoms with Gasteiger partial charge in [0, 0.05) is 87.7 Å². The van der Waals surface area contributed by atoms with Crippen LogP contribution in [0.1, 0.15) is 55.6 Å². The van der Waals surface area contributed by atoms with Gasteiger partial charge in [0.2, 0.25) is 0 Å². The van der Waals surface area contributed by atoms with Gasteiger partial charge in [-0.25, -0.2) is 0 Å². The van der Waals surface area contributed by atoms with Gasteiger partial charge in [-0.05, 0) is 60.7 Å². The minimum atomic E-state index is 0.00551. The molecule has 10 aliphatic carbocycles. The number of phenols is 4. The largest absolute Gasteiger partial charge is 0.508 e. The van der Waals surface area contributed by atoms with E-state index in [9.17, 15) is 20.4 Å². The Morgan fingerprint density at radius 3 is 0.588 bits per heavy atom. The summed E-state index contributed by atoms with van der Waals surface area (Å²) < 4.78 is 34.8. The van der Waals surface area contributed by atoms with E-state index in [2.05, 4.69) is 0 Å². The molecule has 0 saturated heterocycles. The normalized spacial score (nSPS) is 12.4. The van der Waals surface area contributed by atoms with Gasteiger partial charge >= 0.3 is 0 Å². The third kappa shape index (κ3) is 6.94. The number of hydrogen-bond donors (Lipinski definition) is 4. The predicted octanol–water partition coefficient (Wildman–Crippen LogP) is 6.83. The molecular formula is C41H42O10. The minimum absolute atomic E-state index is 0.00551. The molecule has 266 valence electrons. The molecule has 10 nitrogen and oxygen atoms in total. The van der Waals surface area contributed by atoms with E-state index in [0.717, 1.165) is 22.3 Å². The Bertz CT molecular complexity index is 1950. The summed E-state index contributed by atoms with van der Waals surface area (Å²) in [7, 11) is 9.44. The molecule has 0 heterocycles. The molecule has 0 aromatic heterocycles. The Labute approximate surface area is 297 Å². The monoisotopic (exact) mass is 694 g/mol. The topological polar surface area (TPSA) is 136 Å². The Morgan fingerprint density at radius 2 is 0.431 bits per heavy atom. The van der Waals surface area contributed by atoms with E-state index < -0.39 is 0 Å². The quantitative estimate of drug-likeness (QED) is 0.137. The van der Waals surface area contributed by atoms with Gasteiger partial charge in [-0.3, -0.25) is 0 Å². The molecular weight excluding hydrogens is 652 g/mol.